The summed E-state index contributed by atoms with van der Waals surface area (Å²) in [4.78, 5) is 31.1. The van der Waals surface area contributed by atoms with Crippen LogP contribution in [0.25, 0.3) is 0 Å². The molecule has 0 radical (unpaired) electrons. The van der Waals surface area contributed by atoms with Gasteiger partial charge in [-0.25, -0.2) is 10.3 Å². The highest BCUT2D eigenvalue weighted by molar-refractivity contribution is 7.74. The van der Waals surface area contributed by atoms with Gasteiger partial charge in [0.2, 0.25) is 0 Å². The van der Waals surface area contributed by atoms with Crippen molar-refractivity contribution in [3.05, 3.63) is 0 Å². The van der Waals surface area contributed by atoms with Gasteiger partial charge in [0.1, 0.15) is 6.04 Å². The van der Waals surface area contributed by atoms with Crippen molar-refractivity contribution < 1.29 is 27.5 Å². The maximum absolute atomic E-state index is 12.3. The maximum Gasteiger partial charge on any atom is 0.346 e. The zero-order valence-corrected chi connectivity index (χ0v) is 14.2. The fourth-order valence-corrected chi connectivity index (χ4v) is 3.82. The standard InChI is InChI=1S/C13H22N4O6S/c1-8-4-9(14-5-8)7-22-15-12(18)11-3-2-10-6-16(11)13(19)17(10)23-24(20)21/h8-11,14H,2-7H2,1H3,(H,15,18)(H,20,21)/t8-,9+,10?,11?/m1/s1. The molecule has 0 saturated carbocycles. The number of carbonyl (C=O) groups is 2. The number of hydroxylamine groups is 3. The van der Waals surface area contributed by atoms with E-state index in [1.807, 2.05) is 0 Å². The molecular weight excluding hydrogens is 340 g/mol. The van der Waals surface area contributed by atoms with Crippen molar-refractivity contribution in [3.8, 4) is 0 Å². The van der Waals surface area contributed by atoms with Crippen molar-refractivity contribution in [1.29, 1.82) is 0 Å². The molecule has 3 fully saturated rings. The van der Waals surface area contributed by atoms with Gasteiger partial charge in [-0.15, -0.1) is 4.28 Å². The third-order valence-corrected chi connectivity index (χ3v) is 4.96. The van der Waals surface area contributed by atoms with E-state index in [2.05, 4.69) is 22.0 Å². The lowest BCUT2D eigenvalue weighted by Crippen LogP contribution is -2.50. The molecule has 11 heteroatoms. The molecule has 3 rings (SSSR count). The van der Waals surface area contributed by atoms with Crippen LogP contribution in [0.2, 0.25) is 0 Å². The average Bonchev–Trinajstić information content (AvgIpc) is 3.05. The van der Waals surface area contributed by atoms with E-state index < -0.39 is 23.4 Å². The second-order valence-corrected chi connectivity index (χ2v) is 7.11. The summed E-state index contributed by atoms with van der Waals surface area (Å²) in [6, 6.07) is -1.34. The lowest BCUT2D eigenvalue weighted by atomic mass is 10.0. The van der Waals surface area contributed by atoms with Gasteiger partial charge in [0.25, 0.3) is 5.91 Å². The van der Waals surface area contributed by atoms with Crippen molar-refractivity contribution in [2.24, 2.45) is 5.92 Å². The first-order valence-corrected chi connectivity index (χ1v) is 9.03. The van der Waals surface area contributed by atoms with E-state index >= 15 is 0 Å². The predicted molar refractivity (Wildman–Crippen MR) is 82.3 cm³/mol. The van der Waals surface area contributed by atoms with Crippen molar-refractivity contribution >= 4 is 23.3 Å². The molecule has 3 aliphatic rings. The number of hydrogen-bond acceptors (Lipinski definition) is 6. The van der Waals surface area contributed by atoms with Gasteiger partial charge in [0, 0.05) is 12.6 Å². The summed E-state index contributed by atoms with van der Waals surface area (Å²) < 4.78 is 24.2. The second kappa shape index (κ2) is 7.31. The summed E-state index contributed by atoms with van der Waals surface area (Å²) in [6.45, 7) is 3.75. The Morgan fingerprint density at radius 2 is 2.29 bits per heavy atom. The van der Waals surface area contributed by atoms with E-state index in [9.17, 15) is 13.8 Å². The largest absolute Gasteiger partial charge is 0.346 e. The van der Waals surface area contributed by atoms with Crippen LogP contribution in [0.1, 0.15) is 26.2 Å². The van der Waals surface area contributed by atoms with Crippen LogP contribution < -0.4 is 10.8 Å². The maximum atomic E-state index is 12.3. The third-order valence-electron chi connectivity index (χ3n) is 4.67. The van der Waals surface area contributed by atoms with Crippen LogP contribution >= 0.6 is 0 Å². The number of carbonyl (C=O) groups excluding carboxylic acids is 2. The normalized spacial score (nSPS) is 33.8. The molecule has 3 aliphatic heterocycles. The topological polar surface area (TPSA) is 120 Å². The average molecular weight is 362 g/mol. The minimum atomic E-state index is -2.57. The van der Waals surface area contributed by atoms with Crippen molar-refractivity contribution in [2.45, 2.75) is 44.3 Å². The minimum Gasteiger partial charge on any atom is -0.311 e. The molecule has 2 bridgehead atoms. The molecule has 3 saturated heterocycles. The van der Waals surface area contributed by atoms with Gasteiger partial charge in [-0.1, -0.05) is 6.92 Å². The van der Waals surface area contributed by atoms with Crippen molar-refractivity contribution in [2.75, 3.05) is 19.7 Å². The van der Waals surface area contributed by atoms with E-state index in [4.69, 9.17) is 9.39 Å². The highest BCUT2D eigenvalue weighted by Crippen LogP contribution is 2.30. The number of hydrogen-bond donors (Lipinski definition) is 3. The second-order valence-electron chi connectivity index (χ2n) is 6.52. The van der Waals surface area contributed by atoms with Gasteiger partial charge in [-0.05, 0) is 31.7 Å². The van der Waals surface area contributed by atoms with E-state index in [1.165, 1.54) is 4.90 Å². The van der Waals surface area contributed by atoms with Crippen LogP contribution in [0.15, 0.2) is 0 Å². The Balaban J connectivity index is 1.49. The molecular formula is C13H22N4O6S. The van der Waals surface area contributed by atoms with Crippen LogP contribution in [-0.2, 0) is 25.3 Å². The Kier molecular flexibility index (Phi) is 5.35. The fourth-order valence-electron chi connectivity index (χ4n) is 3.50. The molecule has 10 nitrogen and oxygen atoms in total. The molecule has 24 heavy (non-hydrogen) atoms. The molecule has 0 aromatic heterocycles. The number of fused-ring (bicyclic) bond motifs is 2. The molecule has 136 valence electrons. The van der Waals surface area contributed by atoms with Crippen LogP contribution in [0.5, 0.6) is 0 Å². The molecule has 3 unspecified atom stereocenters. The summed E-state index contributed by atoms with van der Waals surface area (Å²) >= 11 is -2.57. The van der Waals surface area contributed by atoms with Crippen molar-refractivity contribution in [3.63, 3.8) is 0 Å². The lowest BCUT2D eigenvalue weighted by molar-refractivity contribution is -0.139. The molecule has 0 aromatic rings. The van der Waals surface area contributed by atoms with E-state index in [0.29, 0.717) is 25.4 Å². The van der Waals surface area contributed by atoms with Crippen LogP contribution in [0, 0.1) is 5.92 Å². The monoisotopic (exact) mass is 362 g/mol. The lowest BCUT2D eigenvalue weighted by Gasteiger charge is -2.29. The van der Waals surface area contributed by atoms with E-state index in [0.717, 1.165) is 18.0 Å². The Labute approximate surface area is 142 Å². The molecule has 0 aromatic carbocycles. The Morgan fingerprint density at radius 3 is 2.96 bits per heavy atom. The number of amides is 3. The number of rotatable bonds is 6. The first-order chi connectivity index (χ1) is 11.5. The molecule has 5 atom stereocenters. The quantitative estimate of drug-likeness (QED) is 0.425. The van der Waals surface area contributed by atoms with Crippen molar-refractivity contribution in [1.82, 2.24) is 20.8 Å². The summed E-state index contributed by atoms with van der Waals surface area (Å²) in [7, 11) is 0. The summed E-state index contributed by atoms with van der Waals surface area (Å²) in [5, 5.41) is 4.18. The molecule has 3 amide bonds. The Hall–Kier alpha value is -1.27. The molecule has 0 aliphatic carbocycles. The first-order valence-electron chi connectivity index (χ1n) is 8.00. The van der Waals surface area contributed by atoms with Gasteiger partial charge in [0.15, 0.2) is 0 Å². The first kappa shape index (κ1) is 17.5. The molecule has 3 heterocycles. The number of piperidine rings is 1. The SMILES string of the molecule is C[C@H]1CN[C@H](CONC(=O)C2CCC3CN2C(=O)N3OS(=O)O)C1. The Bertz CT molecular complexity index is 535. The predicted octanol–water partition coefficient (Wildman–Crippen LogP) is -0.631. The van der Waals surface area contributed by atoms with Gasteiger partial charge in [-0.2, -0.15) is 9.27 Å². The molecule has 3 N–H and O–H groups in total. The third kappa shape index (κ3) is 3.70. The number of nitrogens with one attached hydrogen (secondary N) is 2. The van der Waals surface area contributed by atoms with Crippen LogP contribution in [-0.4, -0.2) is 68.5 Å². The summed E-state index contributed by atoms with van der Waals surface area (Å²) in [5.41, 5.74) is 2.41. The Morgan fingerprint density at radius 1 is 1.50 bits per heavy atom. The van der Waals surface area contributed by atoms with Gasteiger partial charge in [0.05, 0.1) is 12.6 Å². The zero-order chi connectivity index (χ0) is 17.3. The van der Waals surface area contributed by atoms with Gasteiger partial charge < -0.3 is 10.2 Å². The van der Waals surface area contributed by atoms with Gasteiger partial charge in [-0.3, -0.25) is 14.2 Å². The van der Waals surface area contributed by atoms with Gasteiger partial charge >= 0.3 is 17.4 Å². The van der Waals surface area contributed by atoms with E-state index in [-0.39, 0.29) is 24.5 Å². The zero-order valence-electron chi connectivity index (χ0n) is 13.3. The van der Waals surface area contributed by atoms with E-state index in [1.54, 1.807) is 0 Å². The number of urea groups is 1. The fraction of sp³-hybridized carbons (Fsp3) is 0.846. The highest BCUT2D eigenvalue weighted by Gasteiger charge is 2.48. The molecule has 0 spiro atoms. The highest BCUT2D eigenvalue weighted by atomic mass is 32.2. The summed E-state index contributed by atoms with van der Waals surface area (Å²) in [6.07, 6.45) is 1.96. The minimum absolute atomic E-state index is 0.216. The van der Waals surface area contributed by atoms with Crippen LogP contribution in [0.3, 0.4) is 0 Å². The summed E-state index contributed by atoms with van der Waals surface area (Å²) in [5.74, 6) is 0.203. The smallest absolute Gasteiger partial charge is 0.311 e. The number of nitrogens with zero attached hydrogens (tertiary/aromatic N) is 2. The van der Waals surface area contributed by atoms with Crippen LogP contribution in [0.4, 0.5) is 4.79 Å².